The van der Waals surface area contributed by atoms with E-state index in [1.54, 1.807) is 0 Å². The second kappa shape index (κ2) is 5.81. The normalized spacial score (nSPS) is 20.6. The van der Waals surface area contributed by atoms with Crippen molar-refractivity contribution in [2.75, 3.05) is 0 Å². The molecule has 0 amide bonds. The molecule has 2 rings (SSSR count). The van der Waals surface area contributed by atoms with Crippen molar-refractivity contribution >= 4 is 0 Å². The molecule has 0 aromatic carbocycles. The van der Waals surface area contributed by atoms with E-state index in [2.05, 4.69) is 11.9 Å². The molecule has 3 heteroatoms. The fraction of sp³-hybridized carbons (Fsp3) is 0.667. The Morgan fingerprint density at radius 1 is 1.28 bits per heavy atom. The molecule has 2 N–H and O–H groups in total. The summed E-state index contributed by atoms with van der Waals surface area (Å²) in [5, 5.41) is 20.6. The van der Waals surface area contributed by atoms with Gasteiger partial charge in [-0.2, -0.15) is 0 Å². The van der Waals surface area contributed by atoms with E-state index in [0.717, 1.165) is 25.0 Å². The van der Waals surface area contributed by atoms with Gasteiger partial charge >= 0.3 is 0 Å². The molecule has 0 spiro atoms. The zero-order valence-corrected chi connectivity index (χ0v) is 11.1. The lowest BCUT2D eigenvalue weighted by molar-refractivity contribution is -0.0963. The molecule has 100 valence electrons. The molecule has 1 atom stereocenters. The lowest BCUT2D eigenvalue weighted by Gasteiger charge is -2.36. The van der Waals surface area contributed by atoms with E-state index < -0.39 is 11.7 Å². The van der Waals surface area contributed by atoms with E-state index in [1.165, 1.54) is 12.0 Å². The number of aromatic nitrogens is 1. The molecular weight excluding hydrogens is 226 g/mol. The Morgan fingerprint density at radius 2 is 2.00 bits per heavy atom. The van der Waals surface area contributed by atoms with Crippen molar-refractivity contribution < 1.29 is 10.2 Å². The van der Waals surface area contributed by atoms with Gasteiger partial charge in [0.05, 0.1) is 11.7 Å². The molecule has 1 aliphatic rings. The Labute approximate surface area is 109 Å². The SMILES string of the molecule is CCc1ccc(CC(O)C2(O)CCCCC2)nc1. The fourth-order valence-corrected chi connectivity index (χ4v) is 2.67. The third-order valence-electron chi connectivity index (χ3n) is 4.04. The number of aliphatic hydroxyl groups excluding tert-OH is 1. The highest BCUT2D eigenvalue weighted by Crippen LogP contribution is 2.32. The molecule has 0 radical (unpaired) electrons. The molecule has 1 aliphatic carbocycles. The minimum atomic E-state index is -0.899. The van der Waals surface area contributed by atoms with Gasteiger partial charge in [-0.25, -0.2) is 0 Å². The Bertz CT molecular complexity index is 369. The second-order valence-electron chi connectivity index (χ2n) is 5.40. The molecule has 1 aromatic rings. The fourth-order valence-electron chi connectivity index (χ4n) is 2.67. The van der Waals surface area contributed by atoms with Crippen LogP contribution in [0.5, 0.6) is 0 Å². The van der Waals surface area contributed by atoms with Crippen molar-refractivity contribution in [3.05, 3.63) is 29.6 Å². The van der Waals surface area contributed by atoms with Crippen molar-refractivity contribution in [3.8, 4) is 0 Å². The minimum absolute atomic E-state index is 0.445. The van der Waals surface area contributed by atoms with Gasteiger partial charge in [0.2, 0.25) is 0 Å². The number of nitrogens with zero attached hydrogens (tertiary/aromatic N) is 1. The molecule has 1 fully saturated rings. The first-order valence-electron chi connectivity index (χ1n) is 6.98. The highest BCUT2D eigenvalue weighted by molar-refractivity contribution is 5.15. The van der Waals surface area contributed by atoms with Crippen LogP contribution in [0.4, 0.5) is 0 Å². The summed E-state index contributed by atoms with van der Waals surface area (Å²) in [7, 11) is 0. The van der Waals surface area contributed by atoms with E-state index in [9.17, 15) is 10.2 Å². The topological polar surface area (TPSA) is 53.4 Å². The minimum Gasteiger partial charge on any atom is -0.390 e. The predicted molar refractivity (Wildman–Crippen MR) is 71.4 cm³/mol. The second-order valence-corrected chi connectivity index (χ2v) is 5.40. The molecule has 3 nitrogen and oxygen atoms in total. The van der Waals surface area contributed by atoms with Crippen LogP contribution in [0.15, 0.2) is 18.3 Å². The molecule has 18 heavy (non-hydrogen) atoms. The number of aryl methyl sites for hydroxylation is 1. The third kappa shape index (κ3) is 3.09. The number of hydrogen-bond donors (Lipinski definition) is 2. The highest BCUT2D eigenvalue weighted by Gasteiger charge is 2.36. The summed E-state index contributed by atoms with van der Waals surface area (Å²) < 4.78 is 0. The van der Waals surface area contributed by atoms with Crippen LogP contribution >= 0.6 is 0 Å². The first-order chi connectivity index (χ1) is 8.64. The third-order valence-corrected chi connectivity index (χ3v) is 4.04. The van der Waals surface area contributed by atoms with Crippen LogP contribution in [0.1, 0.15) is 50.3 Å². The standard InChI is InChI=1S/C15H23NO2/c1-2-12-6-7-13(16-11-12)10-14(17)15(18)8-4-3-5-9-15/h6-7,11,14,17-18H,2-5,8-10H2,1H3. The lowest BCUT2D eigenvalue weighted by atomic mass is 9.79. The Morgan fingerprint density at radius 3 is 2.56 bits per heavy atom. The van der Waals surface area contributed by atoms with Gasteiger partial charge in [0.25, 0.3) is 0 Å². The maximum atomic E-state index is 10.4. The average molecular weight is 249 g/mol. The summed E-state index contributed by atoms with van der Waals surface area (Å²) >= 11 is 0. The number of rotatable bonds is 4. The average Bonchev–Trinajstić information content (AvgIpc) is 2.40. The van der Waals surface area contributed by atoms with Crippen LogP contribution in [0.25, 0.3) is 0 Å². The summed E-state index contributed by atoms with van der Waals surface area (Å²) in [6, 6.07) is 3.99. The molecule has 1 saturated carbocycles. The molecule has 0 saturated heterocycles. The van der Waals surface area contributed by atoms with Gasteiger partial charge in [0.15, 0.2) is 0 Å². The summed E-state index contributed by atoms with van der Waals surface area (Å²) in [6.07, 6.45) is 7.18. The zero-order valence-electron chi connectivity index (χ0n) is 11.1. The largest absolute Gasteiger partial charge is 0.390 e. The molecule has 1 heterocycles. The van der Waals surface area contributed by atoms with Gasteiger partial charge in [0.1, 0.15) is 0 Å². The first kappa shape index (κ1) is 13.5. The van der Waals surface area contributed by atoms with Crippen LogP contribution in [0.2, 0.25) is 0 Å². The summed E-state index contributed by atoms with van der Waals surface area (Å²) in [5.74, 6) is 0. The lowest BCUT2D eigenvalue weighted by Crippen LogP contribution is -2.45. The summed E-state index contributed by atoms with van der Waals surface area (Å²) in [4.78, 5) is 4.34. The smallest absolute Gasteiger partial charge is 0.0909 e. The van der Waals surface area contributed by atoms with Crippen LogP contribution < -0.4 is 0 Å². The van der Waals surface area contributed by atoms with E-state index in [-0.39, 0.29) is 0 Å². The van der Waals surface area contributed by atoms with E-state index >= 15 is 0 Å². The monoisotopic (exact) mass is 249 g/mol. The maximum absolute atomic E-state index is 10.4. The van der Waals surface area contributed by atoms with Crippen LogP contribution in [0.3, 0.4) is 0 Å². The van der Waals surface area contributed by atoms with Gasteiger partial charge in [-0.1, -0.05) is 32.3 Å². The van der Waals surface area contributed by atoms with E-state index in [1.807, 2.05) is 18.3 Å². The van der Waals surface area contributed by atoms with Gasteiger partial charge < -0.3 is 10.2 Å². The quantitative estimate of drug-likeness (QED) is 0.860. The molecule has 0 aliphatic heterocycles. The highest BCUT2D eigenvalue weighted by atomic mass is 16.3. The molecular formula is C15H23NO2. The van der Waals surface area contributed by atoms with E-state index in [0.29, 0.717) is 19.3 Å². The Balaban J connectivity index is 1.98. The molecule has 1 aromatic heterocycles. The van der Waals surface area contributed by atoms with Crippen molar-refractivity contribution in [3.63, 3.8) is 0 Å². The van der Waals surface area contributed by atoms with Crippen molar-refractivity contribution in [2.24, 2.45) is 0 Å². The van der Waals surface area contributed by atoms with Crippen LogP contribution in [-0.4, -0.2) is 26.9 Å². The Hall–Kier alpha value is -0.930. The van der Waals surface area contributed by atoms with Crippen molar-refractivity contribution in [1.82, 2.24) is 4.98 Å². The molecule has 0 bridgehead atoms. The zero-order chi connectivity index (χ0) is 13.0. The molecule has 1 unspecified atom stereocenters. The van der Waals surface area contributed by atoms with Gasteiger partial charge in [-0.15, -0.1) is 0 Å². The number of pyridine rings is 1. The predicted octanol–water partition coefficient (Wildman–Crippen LogP) is 2.24. The Kier molecular flexibility index (Phi) is 4.36. The maximum Gasteiger partial charge on any atom is 0.0909 e. The first-order valence-corrected chi connectivity index (χ1v) is 6.98. The van der Waals surface area contributed by atoms with E-state index in [4.69, 9.17) is 0 Å². The van der Waals surface area contributed by atoms with Gasteiger partial charge in [-0.05, 0) is 30.9 Å². The van der Waals surface area contributed by atoms with Crippen molar-refractivity contribution in [2.45, 2.75) is 63.6 Å². The van der Waals surface area contributed by atoms with Gasteiger partial charge in [-0.3, -0.25) is 4.98 Å². The van der Waals surface area contributed by atoms with Crippen LogP contribution in [-0.2, 0) is 12.8 Å². The van der Waals surface area contributed by atoms with Crippen LogP contribution in [0, 0.1) is 0 Å². The number of hydrogen-bond acceptors (Lipinski definition) is 3. The summed E-state index contributed by atoms with van der Waals surface area (Å²) in [6.45, 7) is 2.09. The van der Waals surface area contributed by atoms with Gasteiger partial charge in [0, 0.05) is 18.3 Å². The summed E-state index contributed by atoms with van der Waals surface area (Å²) in [5.41, 5.74) is 1.16. The van der Waals surface area contributed by atoms with Crippen molar-refractivity contribution in [1.29, 1.82) is 0 Å². The number of aliphatic hydroxyl groups is 2.